The van der Waals surface area contributed by atoms with Gasteiger partial charge in [-0.25, -0.2) is 9.18 Å². The zero-order chi connectivity index (χ0) is 18.2. The number of halogens is 1. The lowest BCUT2D eigenvalue weighted by atomic mass is 10.0. The molecular weight excluding hydrogens is 323 g/mol. The largest absolute Gasteiger partial charge is 0.383 e. The fraction of sp³-hybridized carbons (Fsp3) is 0.444. The van der Waals surface area contributed by atoms with E-state index in [9.17, 15) is 9.18 Å². The molecule has 1 heterocycles. The van der Waals surface area contributed by atoms with Gasteiger partial charge in [-0.15, -0.1) is 0 Å². The summed E-state index contributed by atoms with van der Waals surface area (Å²) in [7, 11) is 3.44. The molecule has 0 aliphatic rings. The number of hydrogen-bond acceptors (Lipinski definition) is 3. The van der Waals surface area contributed by atoms with E-state index in [4.69, 9.17) is 4.74 Å². The number of carbonyl (C=O) groups excluding carboxylic acids is 1. The second-order valence-electron chi connectivity index (χ2n) is 5.90. The molecule has 0 aliphatic heterocycles. The molecule has 1 aromatic carbocycles. The summed E-state index contributed by atoms with van der Waals surface area (Å²) >= 11 is 0. The van der Waals surface area contributed by atoms with Crippen LogP contribution < -0.4 is 5.32 Å². The highest BCUT2D eigenvalue weighted by molar-refractivity contribution is 5.74. The number of ether oxygens (including phenoxy) is 1. The van der Waals surface area contributed by atoms with Gasteiger partial charge in [0.15, 0.2) is 0 Å². The van der Waals surface area contributed by atoms with Crippen LogP contribution in [0.1, 0.15) is 30.5 Å². The molecule has 2 amide bonds. The lowest BCUT2D eigenvalue weighted by Gasteiger charge is -2.26. The highest BCUT2D eigenvalue weighted by Gasteiger charge is 2.19. The third-order valence-corrected chi connectivity index (χ3v) is 3.96. The predicted octanol–water partition coefficient (Wildman–Crippen LogP) is 2.87. The third kappa shape index (κ3) is 5.56. The van der Waals surface area contributed by atoms with Gasteiger partial charge in [-0.1, -0.05) is 19.1 Å². The molecular formula is C18H25FN4O2. The number of carbonyl (C=O) groups is 1. The Morgan fingerprint density at radius 3 is 2.68 bits per heavy atom. The van der Waals surface area contributed by atoms with Crippen LogP contribution in [0.4, 0.5) is 9.18 Å². The highest BCUT2D eigenvalue weighted by Crippen LogP contribution is 2.17. The van der Waals surface area contributed by atoms with Crippen LogP contribution >= 0.6 is 0 Å². The quantitative estimate of drug-likeness (QED) is 0.798. The fourth-order valence-electron chi connectivity index (χ4n) is 2.58. The highest BCUT2D eigenvalue weighted by atomic mass is 19.1. The van der Waals surface area contributed by atoms with Crippen LogP contribution in [0.5, 0.6) is 0 Å². The van der Waals surface area contributed by atoms with Crippen LogP contribution in [0.25, 0.3) is 0 Å². The van der Waals surface area contributed by atoms with Crippen molar-refractivity contribution in [2.75, 3.05) is 20.3 Å². The molecule has 6 nitrogen and oxygen atoms in total. The molecule has 0 saturated heterocycles. The molecule has 0 spiro atoms. The number of nitrogens with zero attached hydrogens (tertiary/aromatic N) is 3. The molecule has 0 radical (unpaired) electrons. The van der Waals surface area contributed by atoms with E-state index in [0.29, 0.717) is 26.1 Å². The summed E-state index contributed by atoms with van der Waals surface area (Å²) < 4.78 is 19.9. The Morgan fingerprint density at radius 1 is 1.40 bits per heavy atom. The molecule has 25 heavy (non-hydrogen) atoms. The number of aromatic nitrogens is 2. The topological polar surface area (TPSA) is 59.4 Å². The van der Waals surface area contributed by atoms with Crippen LogP contribution in [-0.2, 0) is 18.3 Å². The first kappa shape index (κ1) is 18.9. The van der Waals surface area contributed by atoms with Crippen molar-refractivity contribution in [3.05, 3.63) is 53.6 Å². The van der Waals surface area contributed by atoms with Crippen molar-refractivity contribution in [3.63, 3.8) is 0 Å². The summed E-state index contributed by atoms with van der Waals surface area (Å²) in [4.78, 5) is 14.4. The van der Waals surface area contributed by atoms with Gasteiger partial charge >= 0.3 is 6.03 Å². The second-order valence-corrected chi connectivity index (χ2v) is 5.90. The van der Waals surface area contributed by atoms with E-state index in [1.807, 2.05) is 20.2 Å². The molecule has 0 unspecified atom stereocenters. The van der Waals surface area contributed by atoms with Gasteiger partial charge in [0.1, 0.15) is 5.82 Å². The number of rotatable bonds is 8. The van der Waals surface area contributed by atoms with Crippen molar-refractivity contribution in [2.45, 2.75) is 25.9 Å². The summed E-state index contributed by atoms with van der Waals surface area (Å²) in [6.45, 7) is 3.34. The monoisotopic (exact) mass is 348 g/mol. The van der Waals surface area contributed by atoms with Crippen molar-refractivity contribution in [3.8, 4) is 0 Å². The van der Waals surface area contributed by atoms with Crippen LogP contribution in [0.15, 0.2) is 36.7 Å². The Hall–Kier alpha value is -2.41. The first-order valence-corrected chi connectivity index (χ1v) is 8.30. The van der Waals surface area contributed by atoms with Gasteiger partial charge in [0.2, 0.25) is 0 Å². The minimum atomic E-state index is -0.289. The van der Waals surface area contributed by atoms with E-state index in [1.165, 1.54) is 12.1 Å². The van der Waals surface area contributed by atoms with E-state index in [1.54, 1.807) is 35.0 Å². The number of methoxy groups -OCH3 is 1. The summed E-state index contributed by atoms with van der Waals surface area (Å²) in [6.07, 6.45) is 4.33. The predicted molar refractivity (Wildman–Crippen MR) is 93.5 cm³/mol. The smallest absolute Gasteiger partial charge is 0.318 e. The molecule has 2 rings (SSSR count). The van der Waals surface area contributed by atoms with E-state index < -0.39 is 0 Å². The Kier molecular flexibility index (Phi) is 6.94. The number of aryl methyl sites for hydroxylation is 1. The van der Waals surface area contributed by atoms with Crippen molar-refractivity contribution in [1.82, 2.24) is 20.0 Å². The Bertz CT molecular complexity index is 672. The maximum atomic E-state index is 13.1. The Labute approximate surface area is 147 Å². The normalized spacial score (nSPS) is 12.0. The summed E-state index contributed by atoms with van der Waals surface area (Å²) in [5, 5.41) is 7.15. The maximum absolute atomic E-state index is 13.1. The van der Waals surface area contributed by atoms with Crippen molar-refractivity contribution in [2.24, 2.45) is 7.05 Å². The lowest BCUT2D eigenvalue weighted by molar-refractivity contribution is 0.144. The van der Waals surface area contributed by atoms with Crippen LogP contribution in [-0.4, -0.2) is 41.0 Å². The van der Waals surface area contributed by atoms with Gasteiger partial charge in [0.25, 0.3) is 0 Å². The van der Waals surface area contributed by atoms with E-state index >= 15 is 0 Å². The number of nitrogens with one attached hydrogen (secondary N) is 1. The minimum Gasteiger partial charge on any atom is -0.383 e. The zero-order valence-electron chi connectivity index (χ0n) is 14.9. The van der Waals surface area contributed by atoms with Crippen LogP contribution in [0, 0.1) is 5.82 Å². The van der Waals surface area contributed by atoms with E-state index in [-0.39, 0.29) is 17.9 Å². The Morgan fingerprint density at radius 2 is 2.12 bits per heavy atom. The molecule has 7 heteroatoms. The lowest BCUT2D eigenvalue weighted by Crippen LogP contribution is -2.42. The number of urea groups is 1. The van der Waals surface area contributed by atoms with Crippen LogP contribution in [0.3, 0.4) is 0 Å². The van der Waals surface area contributed by atoms with E-state index in [0.717, 1.165) is 11.1 Å². The summed E-state index contributed by atoms with van der Waals surface area (Å²) in [5.41, 5.74) is 1.83. The average Bonchev–Trinajstić information content (AvgIpc) is 3.02. The average molecular weight is 348 g/mol. The van der Waals surface area contributed by atoms with Crippen molar-refractivity contribution in [1.29, 1.82) is 0 Å². The third-order valence-electron chi connectivity index (χ3n) is 3.96. The first-order chi connectivity index (χ1) is 12.0. The fourth-order valence-corrected chi connectivity index (χ4v) is 2.58. The van der Waals surface area contributed by atoms with Gasteiger partial charge in [0, 0.05) is 32.5 Å². The number of hydrogen-bond donors (Lipinski definition) is 1. The molecule has 1 atom stereocenters. The molecule has 0 saturated carbocycles. The summed E-state index contributed by atoms with van der Waals surface area (Å²) in [5.74, 6) is -0.289. The van der Waals surface area contributed by atoms with Crippen LogP contribution in [0.2, 0.25) is 0 Å². The molecule has 1 N–H and O–H groups in total. The SMILES string of the molecule is CC[C@H](NC(=O)N(CCOC)Cc1cnn(C)c1)c1ccc(F)cc1. The summed E-state index contributed by atoms with van der Waals surface area (Å²) in [6, 6.07) is 5.85. The van der Waals surface area contributed by atoms with Gasteiger partial charge in [-0.05, 0) is 24.1 Å². The van der Waals surface area contributed by atoms with Gasteiger partial charge < -0.3 is 15.0 Å². The van der Waals surface area contributed by atoms with Gasteiger partial charge in [-0.2, -0.15) is 5.10 Å². The van der Waals surface area contributed by atoms with Gasteiger partial charge in [-0.3, -0.25) is 4.68 Å². The molecule has 0 aliphatic carbocycles. The van der Waals surface area contributed by atoms with Gasteiger partial charge in [0.05, 0.1) is 25.4 Å². The van der Waals surface area contributed by atoms with Crippen molar-refractivity contribution >= 4 is 6.03 Å². The maximum Gasteiger partial charge on any atom is 0.318 e. The molecule has 1 aromatic heterocycles. The molecule has 2 aromatic rings. The molecule has 0 fully saturated rings. The first-order valence-electron chi connectivity index (χ1n) is 8.30. The van der Waals surface area contributed by atoms with Crippen molar-refractivity contribution < 1.29 is 13.9 Å². The second kappa shape index (κ2) is 9.17. The number of amides is 2. The number of benzene rings is 1. The zero-order valence-corrected chi connectivity index (χ0v) is 14.9. The standard InChI is InChI=1S/C18H25FN4O2/c1-4-17(15-5-7-16(19)8-6-15)21-18(24)23(9-10-25-3)13-14-11-20-22(2)12-14/h5-8,11-12,17H,4,9-10,13H2,1-3H3,(H,21,24)/t17-/m0/s1. The molecule has 0 bridgehead atoms. The molecule has 136 valence electrons. The van der Waals surface area contributed by atoms with E-state index in [2.05, 4.69) is 10.4 Å². The Balaban J connectivity index is 2.06. The minimum absolute atomic E-state index is 0.174.